The summed E-state index contributed by atoms with van der Waals surface area (Å²) in [5, 5.41) is 0. The highest BCUT2D eigenvalue weighted by molar-refractivity contribution is 5.68. The number of ether oxygens (including phenoxy) is 1. The van der Waals surface area contributed by atoms with Crippen molar-refractivity contribution in [3.63, 3.8) is 0 Å². The lowest BCUT2D eigenvalue weighted by atomic mass is 10.0. The third-order valence-electron chi connectivity index (χ3n) is 3.56. The molecule has 0 aliphatic heterocycles. The number of nitrogens with two attached hydrogens (primary N) is 1. The lowest BCUT2D eigenvalue weighted by molar-refractivity contribution is -0.140. The SMILES string of the molecule is COC(=O)CCCCCCCCCCCCCCN. The Labute approximate surface area is 119 Å². The number of unbranched alkanes of at least 4 members (excludes halogenated alkanes) is 11. The zero-order valence-electron chi connectivity index (χ0n) is 12.8. The van der Waals surface area contributed by atoms with E-state index in [1.54, 1.807) is 0 Å². The number of carbonyl (C=O) groups is 1. The molecule has 0 aliphatic rings. The Kier molecular flexibility index (Phi) is 15.0. The van der Waals surface area contributed by atoms with Crippen LogP contribution in [-0.2, 0) is 9.53 Å². The Hall–Kier alpha value is -0.570. The van der Waals surface area contributed by atoms with Crippen molar-refractivity contribution >= 4 is 5.97 Å². The van der Waals surface area contributed by atoms with Crippen molar-refractivity contribution in [2.75, 3.05) is 13.7 Å². The van der Waals surface area contributed by atoms with Gasteiger partial charge in [-0.15, -0.1) is 0 Å². The predicted molar refractivity (Wildman–Crippen MR) is 81.1 cm³/mol. The molecule has 0 amide bonds. The van der Waals surface area contributed by atoms with Crippen LogP contribution < -0.4 is 5.73 Å². The average molecular weight is 271 g/mol. The van der Waals surface area contributed by atoms with Crippen LogP contribution in [0.3, 0.4) is 0 Å². The maximum absolute atomic E-state index is 10.9. The van der Waals surface area contributed by atoms with E-state index in [1.807, 2.05) is 0 Å². The summed E-state index contributed by atoms with van der Waals surface area (Å²) in [6.07, 6.45) is 16.0. The topological polar surface area (TPSA) is 52.3 Å². The predicted octanol–water partition coefficient (Wildman–Crippen LogP) is 4.19. The monoisotopic (exact) mass is 271 g/mol. The minimum Gasteiger partial charge on any atom is -0.469 e. The molecule has 0 spiro atoms. The molecule has 2 N–H and O–H groups in total. The molecule has 0 aliphatic carbocycles. The first-order valence-corrected chi connectivity index (χ1v) is 8.08. The van der Waals surface area contributed by atoms with Gasteiger partial charge in [0.1, 0.15) is 0 Å². The molecule has 114 valence electrons. The Bertz CT molecular complexity index is 195. The maximum Gasteiger partial charge on any atom is 0.305 e. The van der Waals surface area contributed by atoms with Crippen LogP contribution >= 0.6 is 0 Å². The fraction of sp³-hybridized carbons (Fsp3) is 0.938. The summed E-state index contributed by atoms with van der Waals surface area (Å²) in [7, 11) is 1.46. The van der Waals surface area contributed by atoms with Crippen molar-refractivity contribution in [3.05, 3.63) is 0 Å². The van der Waals surface area contributed by atoms with Crippen LogP contribution in [0, 0.1) is 0 Å². The minimum absolute atomic E-state index is 0.0744. The molecule has 0 saturated heterocycles. The van der Waals surface area contributed by atoms with E-state index in [-0.39, 0.29) is 5.97 Å². The molecule has 0 unspecified atom stereocenters. The van der Waals surface area contributed by atoms with Crippen LogP contribution in [0.25, 0.3) is 0 Å². The van der Waals surface area contributed by atoms with Gasteiger partial charge in [0.25, 0.3) is 0 Å². The largest absolute Gasteiger partial charge is 0.469 e. The van der Waals surface area contributed by atoms with E-state index < -0.39 is 0 Å². The molecule has 0 heterocycles. The molecule has 0 aromatic heterocycles. The van der Waals surface area contributed by atoms with Crippen molar-refractivity contribution < 1.29 is 9.53 Å². The summed E-state index contributed by atoms with van der Waals surface area (Å²) in [5.74, 6) is -0.0744. The normalized spacial score (nSPS) is 10.6. The van der Waals surface area contributed by atoms with Gasteiger partial charge in [0.2, 0.25) is 0 Å². The van der Waals surface area contributed by atoms with Crippen LogP contribution in [0.4, 0.5) is 0 Å². The Morgan fingerprint density at radius 3 is 1.47 bits per heavy atom. The molecule has 0 aromatic rings. The Morgan fingerprint density at radius 2 is 1.11 bits per heavy atom. The zero-order chi connectivity index (χ0) is 14.2. The van der Waals surface area contributed by atoms with Gasteiger partial charge in [-0.1, -0.05) is 64.2 Å². The standard InChI is InChI=1S/C16H33NO2/c1-19-16(18)14-12-10-8-6-4-2-3-5-7-9-11-13-15-17/h2-15,17H2,1H3. The van der Waals surface area contributed by atoms with Crippen LogP contribution in [0.5, 0.6) is 0 Å². The molecule has 0 rings (SSSR count). The van der Waals surface area contributed by atoms with Gasteiger partial charge in [-0.05, 0) is 19.4 Å². The smallest absolute Gasteiger partial charge is 0.305 e. The van der Waals surface area contributed by atoms with Gasteiger partial charge in [0.05, 0.1) is 7.11 Å². The molecule has 0 saturated carbocycles. The molecule has 0 aromatic carbocycles. The van der Waals surface area contributed by atoms with E-state index in [9.17, 15) is 4.79 Å². The fourth-order valence-corrected chi connectivity index (χ4v) is 2.28. The highest BCUT2D eigenvalue weighted by atomic mass is 16.5. The second kappa shape index (κ2) is 15.5. The summed E-state index contributed by atoms with van der Waals surface area (Å²) in [5.41, 5.74) is 5.46. The lowest BCUT2D eigenvalue weighted by Crippen LogP contribution is -1.99. The van der Waals surface area contributed by atoms with E-state index in [4.69, 9.17) is 5.73 Å². The van der Waals surface area contributed by atoms with Gasteiger partial charge < -0.3 is 10.5 Å². The van der Waals surface area contributed by atoms with Crippen molar-refractivity contribution in [3.8, 4) is 0 Å². The van der Waals surface area contributed by atoms with Gasteiger partial charge >= 0.3 is 5.97 Å². The Morgan fingerprint density at radius 1 is 0.737 bits per heavy atom. The van der Waals surface area contributed by atoms with E-state index in [2.05, 4.69) is 4.74 Å². The number of carbonyl (C=O) groups excluding carboxylic acids is 1. The van der Waals surface area contributed by atoms with Crippen molar-refractivity contribution in [2.24, 2.45) is 5.73 Å². The van der Waals surface area contributed by atoms with Gasteiger partial charge in [-0.2, -0.15) is 0 Å². The van der Waals surface area contributed by atoms with Gasteiger partial charge in [-0.25, -0.2) is 0 Å². The second-order valence-electron chi connectivity index (χ2n) is 5.36. The first kappa shape index (κ1) is 18.4. The quantitative estimate of drug-likeness (QED) is 0.381. The summed E-state index contributed by atoms with van der Waals surface area (Å²) in [6, 6.07) is 0. The fourth-order valence-electron chi connectivity index (χ4n) is 2.28. The molecule has 19 heavy (non-hydrogen) atoms. The minimum atomic E-state index is -0.0744. The molecule has 3 heteroatoms. The number of esters is 1. The van der Waals surface area contributed by atoms with E-state index in [0.29, 0.717) is 6.42 Å². The van der Waals surface area contributed by atoms with Crippen LogP contribution in [0.1, 0.15) is 83.5 Å². The molecular formula is C16H33NO2. The van der Waals surface area contributed by atoms with E-state index >= 15 is 0 Å². The van der Waals surface area contributed by atoms with Crippen molar-refractivity contribution in [1.82, 2.24) is 0 Å². The molecule has 3 nitrogen and oxygen atoms in total. The molecule has 0 fully saturated rings. The number of hydrogen-bond donors (Lipinski definition) is 1. The summed E-state index contributed by atoms with van der Waals surface area (Å²) in [4.78, 5) is 10.9. The Balaban J connectivity index is 2.97. The van der Waals surface area contributed by atoms with Crippen molar-refractivity contribution in [1.29, 1.82) is 0 Å². The molecule has 0 atom stereocenters. The van der Waals surface area contributed by atoms with Crippen LogP contribution in [-0.4, -0.2) is 19.6 Å². The molecule has 0 bridgehead atoms. The number of hydrogen-bond acceptors (Lipinski definition) is 3. The van der Waals surface area contributed by atoms with E-state index in [0.717, 1.165) is 19.4 Å². The second-order valence-corrected chi connectivity index (χ2v) is 5.36. The number of rotatable bonds is 14. The first-order valence-electron chi connectivity index (χ1n) is 8.08. The summed E-state index contributed by atoms with van der Waals surface area (Å²) >= 11 is 0. The zero-order valence-corrected chi connectivity index (χ0v) is 12.8. The van der Waals surface area contributed by atoms with Gasteiger partial charge in [0, 0.05) is 6.42 Å². The average Bonchev–Trinajstić information content (AvgIpc) is 2.43. The first-order chi connectivity index (χ1) is 9.31. The van der Waals surface area contributed by atoms with E-state index in [1.165, 1.54) is 71.3 Å². The molecule has 0 radical (unpaired) electrons. The maximum atomic E-state index is 10.9. The highest BCUT2D eigenvalue weighted by Gasteiger charge is 1.99. The number of methoxy groups -OCH3 is 1. The summed E-state index contributed by atoms with van der Waals surface area (Å²) < 4.78 is 4.61. The third-order valence-corrected chi connectivity index (χ3v) is 3.56. The lowest BCUT2D eigenvalue weighted by Gasteiger charge is -2.03. The van der Waals surface area contributed by atoms with Crippen LogP contribution in [0.15, 0.2) is 0 Å². The third kappa shape index (κ3) is 15.4. The van der Waals surface area contributed by atoms with Gasteiger partial charge in [-0.3, -0.25) is 4.79 Å². The van der Waals surface area contributed by atoms with Gasteiger partial charge in [0.15, 0.2) is 0 Å². The molecular weight excluding hydrogens is 238 g/mol. The summed E-state index contributed by atoms with van der Waals surface area (Å²) in [6.45, 7) is 0.843. The van der Waals surface area contributed by atoms with Crippen molar-refractivity contribution in [2.45, 2.75) is 83.5 Å². The highest BCUT2D eigenvalue weighted by Crippen LogP contribution is 2.12. The van der Waals surface area contributed by atoms with Crippen LogP contribution in [0.2, 0.25) is 0 Å².